The fraction of sp³-hybridized carbons (Fsp3) is 0.667. The summed E-state index contributed by atoms with van der Waals surface area (Å²) in [6.45, 7) is 13.6. The minimum atomic E-state index is -2.01. The highest BCUT2D eigenvalue weighted by Crippen LogP contribution is 2.39. The number of nitro benzene ring substituents is 1. The largest absolute Gasteiger partial charge is 0.466 e. The molecule has 2 rings (SSSR count). The summed E-state index contributed by atoms with van der Waals surface area (Å²) in [6.07, 6.45) is 0.546. The molecule has 0 unspecified atom stereocenters. The lowest BCUT2D eigenvalue weighted by molar-refractivity contribution is -0.384. The van der Waals surface area contributed by atoms with Crippen LogP contribution in [0.2, 0.25) is 18.1 Å². The van der Waals surface area contributed by atoms with Crippen LogP contribution in [-0.4, -0.2) is 67.0 Å². The Morgan fingerprint density at radius 3 is 2.43 bits per heavy atom. The fourth-order valence-electron chi connectivity index (χ4n) is 3.48. The van der Waals surface area contributed by atoms with Crippen molar-refractivity contribution >= 4 is 37.8 Å². The Labute approximate surface area is 213 Å². The molecule has 0 radical (unpaired) electrons. The van der Waals surface area contributed by atoms with Crippen molar-refractivity contribution in [2.45, 2.75) is 77.4 Å². The number of nitro groups is 1. The van der Waals surface area contributed by atoms with E-state index >= 15 is 0 Å². The number of hydrogen-bond donors (Lipinski definition) is 0. The molecule has 0 bridgehead atoms. The van der Waals surface area contributed by atoms with Gasteiger partial charge in [-0.25, -0.2) is 4.79 Å². The van der Waals surface area contributed by atoms with E-state index in [0.29, 0.717) is 43.1 Å². The molecular weight excluding hydrogens is 488 g/mol. The van der Waals surface area contributed by atoms with Crippen molar-refractivity contribution in [1.29, 1.82) is 0 Å². The average Bonchev–Trinajstić information content (AvgIpc) is 3.16. The third-order valence-electron chi connectivity index (χ3n) is 6.45. The molecule has 1 fully saturated rings. The molecule has 0 aromatic heterocycles. The van der Waals surface area contributed by atoms with Crippen LogP contribution in [0.15, 0.2) is 24.3 Å². The molecule has 1 saturated heterocycles. The van der Waals surface area contributed by atoms with E-state index in [0.717, 1.165) is 0 Å². The zero-order chi connectivity index (χ0) is 26.2. The lowest BCUT2D eigenvalue weighted by atomic mass is 10.2. The van der Waals surface area contributed by atoms with Crippen LogP contribution < -0.4 is 0 Å². The number of esters is 1. The molecule has 196 valence electrons. The normalized spacial score (nSPS) is 18.4. The number of likely N-dealkylation sites (tertiary alicyclic amines) is 1. The third-order valence-corrected chi connectivity index (χ3v) is 12.1. The molecular formula is C24H38N2O7SSi. The standard InChI is InChI=1S/C24H38N2O7SSi/c1-7-31-22(27)12-13-34-17-20-14-21(33-35(5,6)24(2,3)4)15-25(20)23(28)32-16-18-8-10-19(11-9-18)26(29)30/h8-11,20-21H,7,12-17H2,1-6H3/t20-,21-/m0/s1. The summed E-state index contributed by atoms with van der Waals surface area (Å²) in [5, 5.41) is 10.9. The van der Waals surface area contributed by atoms with Crippen molar-refractivity contribution in [2.24, 2.45) is 0 Å². The highest BCUT2D eigenvalue weighted by molar-refractivity contribution is 7.99. The number of non-ortho nitro benzene ring substituents is 1. The summed E-state index contributed by atoms with van der Waals surface area (Å²) >= 11 is 1.61. The molecule has 1 aromatic rings. The number of thioether (sulfide) groups is 1. The van der Waals surface area contributed by atoms with Crippen LogP contribution in [-0.2, 0) is 25.3 Å². The maximum absolute atomic E-state index is 13.0. The summed E-state index contributed by atoms with van der Waals surface area (Å²) in [4.78, 5) is 36.7. The van der Waals surface area contributed by atoms with Gasteiger partial charge in [0.25, 0.3) is 5.69 Å². The predicted octanol–water partition coefficient (Wildman–Crippen LogP) is 5.38. The zero-order valence-corrected chi connectivity index (χ0v) is 23.4. The quantitative estimate of drug-likeness (QED) is 0.124. The molecule has 9 nitrogen and oxygen atoms in total. The Hall–Kier alpha value is -2.11. The highest BCUT2D eigenvalue weighted by Gasteiger charge is 2.44. The Balaban J connectivity index is 2.00. The predicted molar refractivity (Wildman–Crippen MR) is 139 cm³/mol. The van der Waals surface area contributed by atoms with Gasteiger partial charge in [0.05, 0.1) is 24.1 Å². The van der Waals surface area contributed by atoms with Crippen LogP contribution in [0, 0.1) is 10.1 Å². The van der Waals surface area contributed by atoms with Crippen molar-refractivity contribution in [3.63, 3.8) is 0 Å². The average molecular weight is 527 g/mol. The minimum absolute atomic E-state index is 0.00912. The van der Waals surface area contributed by atoms with Crippen LogP contribution >= 0.6 is 11.8 Å². The van der Waals surface area contributed by atoms with E-state index in [-0.39, 0.29) is 35.4 Å². The van der Waals surface area contributed by atoms with Crippen LogP contribution in [0.25, 0.3) is 0 Å². The SMILES string of the molecule is CCOC(=O)CCSC[C@@H]1C[C@H](O[Si](C)(C)C(C)(C)C)CN1C(=O)OCc1ccc([N+](=O)[O-])cc1. The van der Waals surface area contributed by atoms with Crippen LogP contribution in [0.5, 0.6) is 0 Å². The Morgan fingerprint density at radius 1 is 1.20 bits per heavy atom. The van der Waals surface area contributed by atoms with E-state index < -0.39 is 19.3 Å². The van der Waals surface area contributed by atoms with E-state index in [4.69, 9.17) is 13.9 Å². The first-order valence-electron chi connectivity index (χ1n) is 11.9. The number of benzene rings is 1. The number of rotatable bonds is 11. The summed E-state index contributed by atoms with van der Waals surface area (Å²) in [6, 6.07) is 5.89. The lowest BCUT2D eigenvalue weighted by Crippen LogP contribution is -2.44. The molecule has 0 saturated carbocycles. The van der Waals surface area contributed by atoms with Gasteiger partial charge >= 0.3 is 12.1 Å². The highest BCUT2D eigenvalue weighted by atomic mass is 32.2. The topological polar surface area (TPSA) is 108 Å². The monoisotopic (exact) mass is 526 g/mol. The molecule has 1 heterocycles. The molecule has 0 N–H and O–H groups in total. The Kier molecular flexibility index (Phi) is 10.6. The molecule has 2 atom stereocenters. The first-order valence-corrected chi connectivity index (χ1v) is 16.0. The molecule has 0 aliphatic carbocycles. The number of carbonyl (C=O) groups is 2. The first kappa shape index (κ1) is 29.1. The molecule has 1 aromatic carbocycles. The van der Waals surface area contributed by atoms with Crippen LogP contribution in [0.1, 0.15) is 46.1 Å². The molecule has 1 amide bonds. The van der Waals surface area contributed by atoms with E-state index in [2.05, 4.69) is 33.9 Å². The van der Waals surface area contributed by atoms with E-state index in [1.54, 1.807) is 35.7 Å². The zero-order valence-electron chi connectivity index (χ0n) is 21.6. The first-order chi connectivity index (χ1) is 16.3. The number of ether oxygens (including phenoxy) is 2. The van der Waals surface area contributed by atoms with Gasteiger partial charge in [-0.3, -0.25) is 14.9 Å². The van der Waals surface area contributed by atoms with Crippen molar-refractivity contribution in [3.8, 4) is 0 Å². The Bertz CT molecular complexity index is 874. The summed E-state index contributed by atoms with van der Waals surface area (Å²) in [5.41, 5.74) is 0.669. The maximum atomic E-state index is 13.0. The van der Waals surface area contributed by atoms with Crippen molar-refractivity contribution in [1.82, 2.24) is 4.90 Å². The molecule has 11 heteroatoms. The molecule has 35 heavy (non-hydrogen) atoms. The fourth-order valence-corrected chi connectivity index (χ4v) is 5.91. The summed E-state index contributed by atoms with van der Waals surface area (Å²) < 4.78 is 17.1. The van der Waals surface area contributed by atoms with Gasteiger partial charge < -0.3 is 18.8 Å². The minimum Gasteiger partial charge on any atom is -0.466 e. The van der Waals surface area contributed by atoms with Gasteiger partial charge in [0, 0.05) is 36.2 Å². The van der Waals surface area contributed by atoms with Gasteiger partial charge in [-0.05, 0) is 49.2 Å². The molecule has 1 aliphatic heterocycles. The van der Waals surface area contributed by atoms with Gasteiger partial charge in [-0.2, -0.15) is 11.8 Å². The second kappa shape index (κ2) is 12.7. The maximum Gasteiger partial charge on any atom is 0.410 e. The van der Waals surface area contributed by atoms with Crippen molar-refractivity contribution in [2.75, 3.05) is 24.7 Å². The smallest absolute Gasteiger partial charge is 0.410 e. The Morgan fingerprint density at radius 2 is 1.86 bits per heavy atom. The van der Waals surface area contributed by atoms with Gasteiger partial charge in [-0.1, -0.05) is 20.8 Å². The number of amides is 1. The van der Waals surface area contributed by atoms with E-state index in [9.17, 15) is 19.7 Å². The van der Waals surface area contributed by atoms with Crippen molar-refractivity contribution in [3.05, 3.63) is 39.9 Å². The molecule has 0 spiro atoms. The number of nitrogens with zero attached hydrogens (tertiary/aromatic N) is 2. The second-order valence-corrected chi connectivity index (χ2v) is 16.1. The van der Waals surface area contributed by atoms with Gasteiger partial charge in [-0.15, -0.1) is 0 Å². The van der Waals surface area contributed by atoms with Gasteiger partial charge in [0.1, 0.15) is 6.61 Å². The second-order valence-electron chi connectivity index (χ2n) is 10.2. The van der Waals surface area contributed by atoms with Crippen LogP contribution in [0.4, 0.5) is 10.5 Å². The summed E-state index contributed by atoms with van der Waals surface area (Å²) in [5.74, 6) is 1.07. The van der Waals surface area contributed by atoms with Gasteiger partial charge in [0.2, 0.25) is 0 Å². The van der Waals surface area contributed by atoms with Gasteiger partial charge in [0.15, 0.2) is 8.32 Å². The number of carbonyl (C=O) groups excluding carboxylic acids is 2. The lowest BCUT2D eigenvalue weighted by Gasteiger charge is -2.38. The third kappa shape index (κ3) is 8.80. The molecule has 1 aliphatic rings. The summed E-state index contributed by atoms with van der Waals surface area (Å²) in [7, 11) is -2.01. The van der Waals surface area contributed by atoms with E-state index in [1.165, 1.54) is 12.1 Å². The number of hydrogen-bond acceptors (Lipinski definition) is 8. The van der Waals surface area contributed by atoms with Crippen LogP contribution in [0.3, 0.4) is 0 Å². The van der Waals surface area contributed by atoms with Crippen molar-refractivity contribution < 1.29 is 28.4 Å². The van der Waals surface area contributed by atoms with E-state index in [1.807, 2.05) is 0 Å².